The Balaban J connectivity index is 3.32. The van der Waals surface area contributed by atoms with Gasteiger partial charge in [-0.15, -0.1) is 0 Å². The van der Waals surface area contributed by atoms with E-state index in [1.807, 2.05) is 0 Å². The second-order valence-corrected chi connectivity index (χ2v) is 3.27. The maximum absolute atomic E-state index is 11.6. The molecule has 0 bridgehead atoms. The molecule has 1 N–H and O–H groups in total. The van der Waals surface area contributed by atoms with E-state index < -0.39 is 5.97 Å². The zero-order valence-corrected chi connectivity index (χ0v) is 10.5. The lowest BCUT2D eigenvalue weighted by molar-refractivity contribution is 0.0601. The summed E-state index contributed by atoms with van der Waals surface area (Å²) in [5.41, 5.74) is 8.61. The molecule has 0 spiro atoms. The molecule has 8 heteroatoms. The van der Waals surface area contributed by atoms with Crippen molar-refractivity contribution in [1.29, 1.82) is 0 Å². The van der Waals surface area contributed by atoms with Gasteiger partial charge in [0.15, 0.2) is 11.5 Å². The molecule has 0 atom stereocenters. The van der Waals surface area contributed by atoms with Crippen molar-refractivity contribution in [2.45, 2.75) is 0 Å². The summed E-state index contributed by atoms with van der Waals surface area (Å²) in [7, 11) is 2.61. The predicted octanol–water partition coefficient (Wildman–Crippen LogP) is 1.79. The molecule has 0 saturated carbocycles. The monoisotopic (exact) mass is 267 g/mol. The van der Waals surface area contributed by atoms with Crippen LogP contribution in [0.1, 0.15) is 10.4 Å². The molecule has 19 heavy (non-hydrogen) atoms. The third-order valence-electron chi connectivity index (χ3n) is 2.19. The lowest BCUT2D eigenvalue weighted by Gasteiger charge is -2.12. The van der Waals surface area contributed by atoms with E-state index in [2.05, 4.69) is 14.8 Å². The number of hydrogen-bond donors (Lipinski definition) is 1. The summed E-state index contributed by atoms with van der Waals surface area (Å²) >= 11 is 0. The molecule has 8 nitrogen and oxygen atoms in total. The van der Waals surface area contributed by atoms with Crippen molar-refractivity contribution < 1.29 is 24.1 Å². The lowest BCUT2D eigenvalue weighted by Crippen LogP contribution is -2.06. The molecule has 0 aliphatic heterocycles. The number of carbonyl (C=O) groups excluding carboxylic acids is 1. The van der Waals surface area contributed by atoms with Crippen molar-refractivity contribution in [3.05, 3.63) is 28.1 Å². The van der Waals surface area contributed by atoms with Crippen LogP contribution < -0.4 is 9.47 Å². The van der Waals surface area contributed by atoms with Crippen LogP contribution >= 0.6 is 0 Å². The van der Waals surface area contributed by atoms with E-state index in [0.717, 1.165) is 0 Å². The van der Waals surface area contributed by atoms with Crippen molar-refractivity contribution in [2.24, 2.45) is 5.11 Å². The molecule has 0 heterocycles. The molecule has 0 saturated heterocycles. The summed E-state index contributed by atoms with van der Waals surface area (Å²) in [5, 5.41) is 12.1. The maximum atomic E-state index is 11.6. The highest BCUT2D eigenvalue weighted by molar-refractivity contribution is 5.95. The number of aliphatic hydroxyl groups is 1. The number of rotatable bonds is 6. The van der Waals surface area contributed by atoms with Crippen molar-refractivity contribution in [3.63, 3.8) is 0 Å². The normalized spacial score (nSPS) is 9.42. The van der Waals surface area contributed by atoms with Gasteiger partial charge in [-0.2, -0.15) is 0 Å². The largest absolute Gasteiger partial charge is 0.493 e. The van der Waals surface area contributed by atoms with Gasteiger partial charge in [-0.05, 0) is 17.7 Å². The summed E-state index contributed by atoms with van der Waals surface area (Å²) < 4.78 is 14.9. The smallest absolute Gasteiger partial charge is 0.338 e. The van der Waals surface area contributed by atoms with Crippen LogP contribution in [0, 0.1) is 0 Å². The fourth-order valence-electron chi connectivity index (χ4n) is 1.38. The average molecular weight is 267 g/mol. The Bertz CT molecular complexity index is 511. The fraction of sp³-hybridized carbons (Fsp3) is 0.364. The molecule has 0 unspecified atom stereocenters. The molecule has 1 rings (SSSR count). The van der Waals surface area contributed by atoms with E-state index in [-0.39, 0.29) is 36.0 Å². The maximum Gasteiger partial charge on any atom is 0.338 e. The van der Waals surface area contributed by atoms with Crippen LogP contribution in [-0.4, -0.2) is 38.5 Å². The van der Waals surface area contributed by atoms with Crippen LogP contribution in [0.2, 0.25) is 0 Å². The number of methoxy groups -OCH3 is 2. The molecule has 0 fully saturated rings. The Kier molecular flexibility index (Phi) is 5.46. The van der Waals surface area contributed by atoms with E-state index in [1.165, 1.54) is 26.4 Å². The first kappa shape index (κ1) is 14.6. The van der Waals surface area contributed by atoms with Crippen molar-refractivity contribution in [3.8, 4) is 11.5 Å². The number of hydrogen-bond acceptors (Lipinski definition) is 6. The van der Waals surface area contributed by atoms with Gasteiger partial charge in [0.25, 0.3) is 0 Å². The highest BCUT2D eigenvalue weighted by atomic mass is 16.5. The van der Waals surface area contributed by atoms with Gasteiger partial charge in [0.2, 0.25) is 0 Å². The molecular weight excluding hydrogens is 254 g/mol. The Morgan fingerprint density at radius 1 is 1.42 bits per heavy atom. The highest BCUT2D eigenvalue weighted by Crippen LogP contribution is 2.35. The van der Waals surface area contributed by atoms with E-state index in [0.29, 0.717) is 0 Å². The summed E-state index contributed by atoms with van der Waals surface area (Å²) in [6, 6.07) is 2.70. The number of benzene rings is 1. The van der Waals surface area contributed by atoms with E-state index in [4.69, 9.17) is 20.1 Å². The first-order chi connectivity index (χ1) is 9.17. The molecule has 0 aliphatic rings. The average Bonchev–Trinajstić information content (AvgIpc) is 2.44. The molecular formula is C11H13N3O5. The van der Waals surface area contributed by atoms with Crippen LogP contribution in [0.4, 0.5) is 5.69 Å². The van der Waals surface area contributed by atoms with Gasteiger partial charge in [-0.25, -0.2) is 4.79 Å². The third kappa shape index (κ3) is 3.51. The number of azide groups is 1. The minimum atomic E-state index is -0.658. The Labute approximate surface area is 109 Å². The van der Waals surface area contributed by atoms with Crippen molar-refractivity contribution >= 4 is 11.7 Å². The van der Waals surface area contributed by atoms with Crippen LogP contribution in [0.5, 0.6) is 11.5 Å². The number of nitrogens with zero attached hydrogens (tertiary/aromatic N) is 3. The number of esters is 1. The minimum absolute atomic E-state index is 0.0453. The standard InChI is InChI=1S/C11H13N3O5/c1-17-9-5-7(11(16)18-2)8(13-14-12)6-10(9)19-4-3-15/h5-6,15H,3-4H2,1-2H3. The Morgan fingerprint density at radius 2 is 2.16 bits per heavy atom. The van der Waals surface area contributed by atoms with Gasteiger partial charge in [0.1, 0.15) is 6.61 Å². The van der Waals surface area contributed by atoms with Crippen LogP contribution in [-0.2, 0) is 4.74 Å². The topological polar surface area (TPSA) is 114 Å². The molecule has 1 aromatic rings. The van der Waals surface area contributed by atoms with Crippen LogP contribution in [0.3, 0.4) is 0 Å². The molecule has 1 aromatic carbocycles. The van der Waals surface area contributed by atoms with Crippen LogP contribution in [0.15, 0.2) is 17.2 Å². The van der Waals surface area contributed by atoms with Gasteiger partial charge in [-0.1, -0.05) is 5.11 Å². The minimum Gasteiger partial charge on any atom is -0.493 e. The predicted molar refractivity (Wildman–Crippen MR) is 65.7 cm³/mol. The Hall–Kier alpha value is -2.44. The molecule has 0 radical (unpaired) electrons. The van der Waals surface area contributed by atoms with Crippen molar-refractivity contribution in [1.82, 2.24) is 0 Å². The van der Waals surface area contributed by atoms with E-state index in [1.54, 1.807) is 0 Å². The highest BCUT2D eigenvalue weighted by Gasteiger charge is 2.16. The van der Waals surface area contributed by atoms with Gasteiger partial charge < -0.3 is 19.3 Å². The quantitative estimate of drug-likeness (QED) is 0.365. The first-order valence-corrected chi connectivity index (χ1v) is 5.27. The van der Waals surface area contributed by atoms with Gasteiger partial charge in [-0.3, -0.25) is 0 Å². The second-order valence-electron chi connectivity index (χ2n) is 3.27. The second kappa shape index (κ2) is 7.10. The molecule has 0 amide bonds. The third-order valence-corrected chi connectivity index (χ3v) is 2.19. The number of aliphatic hydroxyl groups excluding tert-OH is 1. The summed E-state index contributed by atoms with van der Waals surface area (Å²) in [5.74, 6) is -0.133. The Morgan fingerprint density at radius 3 is 2.68 bits per heavy atom. The number of carbonyl (C=O) groups is 1. The van der Waals surface area contributed by atoms with Gasteiger partial charge >= 0.3 is 5.97 Å². The lowest BCUT2D eigenvalue weighted by atomic mass is 10.1. The summed E-state index contributed by atoms with van der Waals surface area (Å²) in [6.07, 6.45) is 0. The molecule has 0 aliphatic carbocycles. The SMILES string of the molecule is COC(=O)c1cc(OC)c(OCCO)cc1N=[N+]=[N-]. The van der Waals surface area contributed by atoms with Gasteiger partial charge in [0, 0.05) is 4.91 Å². The zero-order valence-electron chi connectivity index (χ0n) is 10.5. The summed E-state index contributed by atoms with van der Waals surface area (Å²) in [4.78, 5) is 14.2. The molecule has 102 valence electrons. The van der Waals surface area contributed by atoms with Crippen molar-refractivity contribution in [2.75, 3.05) is 27.4 Å². The van der Waals surface area contributed by atoms with E-state index >= 15 is 0 Å². The zero-order chi connectivity index (χ0) is 14.3. The summed E-state index contributed by atoms with van der Waals surface area (Å²) in [6.45, 7) is -0.137. The molecule has 0 aromatic heterocycles. The van der Waals surface area contributed by atoms with Gasteiger partial charge in [0.05, 0.1) is 32.1 Å². The van der Waals surface area contributed by atoms with E-state index in [9.17, 15) is 4.79 Å². The first-order valence-electron chi connectivity index (χ1n) is 5.27. The fourth-order valence-corrected chi connectivity index (χ4v) is 1.38. The number of ether oxygens (including phenoxy) is 3. The van der Waals surface area contributed by atoms with Crippen LogP contribution in [0.25, 0.3) is 10.4 Å².